The van der Waals surface area contributed by atoms with Crippen molar-refractivity contribution in [2.45, 2.75) is 32.6 Å². The number of likely N-dealkylation sites (tertiary alicyclic amines) is 1. The molecule has 0 bridgehead atoms. The van der Waals surface area contributed by atoms with Crippen molar-refractivity contribution in [1.82, 2.24) is 4.90 Å². The van der Waals surface area contributed by atoms with E-state index in [0.717, 1.165) is 31.6 Å². The topological polar surface area (TPSA) is 90.5 Å². The molecule has 2 aromatic carbocycles. The van der Waals surface area contributed by atoms with Crippen molar-refractivity contribution in [1.29, 1.82) is 0 Å². The molecule has 3 amide bonds. The van der Waals surface area contributed by atoms with Crippen LogP contribution in [0.25, 0.3) is 0 Å². The summed E-state index contributed by atoms with van der Waals surface area (Å²) in [7, 11) is 0. The van der Waals surface area contributed by atoms with E-state index < -0.39 is 0 Å². The van der Waals surface area contributed by atoms with Gasteiger partial charge in [0.25, 0.3) is 5.91 Å². The largest absolute Gasteiger partial charge is 0.376 e. The van der Waals surface area contributed by atoms with Crippen LogP contribution in [0.2, 0.25) is 0 Å². The second-order valence-electron chi connectivity index (χ2n) is 7.32. The van der Waals surface area contributed by atoms with Gasteiger partial charge in [0.2, 0.25) is 11.8 Å². The zero-order valence-corrected chi connectivity index (χ0v) is 17.2. The van der Waals surface area contributed by atoms with Crippen LogP contribution >= 0.6 is 0 Å². The molecule has 7 nitrogen and oxygen atoms in total. The molecular formula is C23H28N4O3. The van der Waals surface area contributed by atoms with Crippen LogP contribution in [-0.2, 0) is 9.59 Å². The molecule has 0 unspecified atom stereocenters. The average Bonchev–Trinajstić information content (AvgIpc) is 2.78. The zero-order chi connectivity index (χ0) is 21.3. The Morgan fingerprint density at radius 2 is 1.47 bits per heavy atom. The van der Waals surface area contributed by atoms with Gasteiger partial charge in [0.15, 0.2) is 0 Å². The second-order valence-corrected chi connectivity index (χ2v) is 7.32. The summed E-state index contributed by atoms with van der Waals surface area (Å²) in [6.07, 6.45) is 3.65. The molecule has 0 atom stereocenters. The summed E-state index contributed by atoms with van der Waals surface area (Å²) < 4.78 is 0. The Labute approximate surface area is 176 Å². The Morgan fingerprint density at radius 3 is 2.20 bits per heavy atom. The van der Waals surface area contributed by atoms with Crippen molar-refractivity contribution in [3.8, 4) is 0 Å². The number of rotatable bonds is 7. The molecule has 2 aromatic rings. The highest BCUT2D eigenvalue weighted by Crippen LogP contribution is 2.17. The van der Waals surface area contributed by atoms with Gasteiger partial charge >= 0.3 is 0 Å². The molecule has 1 aliphatic heterocycles. The third-order valence-corrected chi connectivity index (χ3v) is 4.96. The number of hydrogen-bond acceptors (Lipinski definition) is 4. The van der Waals surface area contributed by atoms with Crippen LogP contribution in [0.5, 0.6) is 0 Å². The molecule has 1 aliphatic rings. The molecule has 0 aliphatic carbocycles. The molecule has 0 radical (unpaired) electrons. The van der Waals surface area contributed by atoms with Crippen LogP contribution in [0, 0.1) is 0 Å². The number of benzene rings is 2. The molecule has 0 aromatic heterocycles. The highest BCUT2D eigenvalue weighted by atomic mass is 16.2. The molecule has 3 rings (SSSR count). The van der Waals surface area contributed by atoms with Crippen molar-refractivity contribution < 1.29 is 14.4 Å². The fourth-order valence-electron chi connectivity index (χ4n) is 3.35. The first-order chi connectivity index (χ1) is 14.5. The summed E-state index contributed by atoms with van der Waals surface area (Å²) in [5.41, 5.74) is 2.58. The lowest BCUT2D eigenvalue weighted by atomic mass is 10.1. The van der Waals surface area contributed by atoms with Crippen LogP contribution in [0.3, 0.4) is 0 Å². The maximum Gasteiger partial charge on any atom is 0.253 e. The number of carbonyl (C=O) groups excluding carboxylic acids is 3. The molecule has 158 valence electrons. The molecule has 1 heterocycles. The number of anilines is 3. The summed E-state index contributed by atoms with van der Waals surface area (Å²) in [4.78, 5) is 38.4. The van der Waals surface area contributed by atoms with Crippen LogP contribution < -0.4 is 16.0 Å². The Balaban J connectivity index is 1.54. The van der Waals surface area contributed by atoms with E-state index in [1.807, 2.05) is 11.0 Å². The fraction of sp³-hybridized carbons (Fsp3) is 0.348. The Bertz CT molecular complexity index is 907. The third kappa shape index (κ3) is 6.07. The summed E-state index contributed by atoms with van der Waals surface area (Å²) in [6, 6.07) is 14.2. The predicted molar refractivity (Wildman–Crippen MR) is 119 cm³/mol. The molecule has 0 saturated carbocycles. The number of nitrogens with zero attached hydrogens (tertiary/aromatic N) is 1. The predicted octanol–water partition coefficient (Wildman–Crippen LogP) is 3.71. The van der Waals surface area contributed by atoms with Crippen molar-refractivity contribution in [2.24, 2.45) is 0 Å². The van der Waals surface area contributed by atoms with Crippen LogP contribution in [0.15, 0.2) is 48.5 Å². The fourth-order valence-corrected chi connectivity index (χ4v) is 3.35. The van der Waals surface area contributed by atoms with Gasteiger partial charge in [0, 0.05) is 42.1 Å². The number of nitrogens with one attached hydrogen (secondary N) is 3. The van der Waals surface area contributed by atoms with Crippen LogP contribution in [-0.4, -0.2) is 42.3 Å². The summed E-state index contributed by atoms with van der Waals surface area (Å²) in [5, 5.41) is 8.66. The zero-order valence-electron chi connectivity index (χ0n) is 17.2. The second kappa shape index (κ2) is 10.4. The lowest BCUT2D eigenvalue weighted by Gasteiger charge is -2.26. The van der Waals surface area contributed by atoms with Gasteiger partial charge in [-0.1, -0.05) is 19.1 Å². The van der Waals surface area contributed by atoms with E-state index in [9.17, 15) is 14.4 Å². The van der Waals surface area contributed by atoms with Crippen molar-refractivity contribution in [2.75, 3.05) is 35.6 Å². The molecular weight excluding hydrogens is 380 g/mol. The minimum atomic E-state index is -0.222. The minimum Gasteiger partial charge on any atom is -0.376 e. The Hall–Kier alpha value is -3.35. The normalized spacial score (nSPS) is 13.4. The van der Waals surface area contributed by atoms with E-state index in [0.29, 0.717) is 23.4 Å². The van der Waals surface area contributed by atoms with Gasteiger partial charge in [-0.25, -0.2) is 0 Å². The van der Waals surface area contributed by atoms with Gasteiger partial charge in [-0.2, -0.15) is 0 Å². The Morgan fingerprint density at radius 1 is 0.833 bits per heavy atom. The number of carbonyl (C=O) groups is 3. The van der Waals surface area contributed by atoms with Gasteiger partial charge in [0.05, 0.1) is 6.54 Å². The van der Waals surface area contributed by atoms with E-state index in [1.165, 1.54) is 6.42 Å². The first kappa shape index (κ1) is 21.4. The van der Waals surface area contributed by atoms with Crippen molar-refractivity contribution in [3.63, 3.8) is 0 Å². The lowest BCUT2D eigenvalue weighted by Crippen LogP contribution is -2.35. The van der Waals surface area contributed by atoms with Crippen molar-refractivity contribution >= 4 is 34.8 Å². The van der Waals surface area contributed by atoms with Gasteiger partial charge in [-0.05, 0) is 55.7 Å². The smallest absolute Gasteiger partial charge is 0.253 e. The van der Waals surface area contributed by atoms with Crippen molar-refractivity contribution in [3.05, 3.63) is 54.1 Å². The molecule has 0 spiro atoms. The van der Waals surface area contributed by atoms with Gasteiger partial charge in [-0.15, -0.1) is 0 Å². The molecule has 30 heavy (non-hydrogen) atoms. The number of piperidine rings is 1. The quantitative estimate of drug-likeness (QED) is 0.651. The van der Waals surface area contributed by atoms with E-state index in [1.54, 1.807) is 49.4 Å². The first-order valence-electron chi connectivity index (χ1n) is 10.4. The number of hydrogen-bond donors (Lipinski definition) is 3. The van der Waals surface area contributed by atoms with Gasteiger partial charge in [0.1, 0.15) is 0 Å². The molecule has 3 N–H and O–H groups in total. The summed E-state index contributed by atoms with van der Waals surface area (Å²) >= 11 is 0. The highest BCUT2D eigenvalue weighted by molar-refractivity contribution is 5.98. The van der Waals surface area contributed by atoms with Gasteiger partial charge in [-0.3, -0.25) is 14.4 Å². The van der Waals surface area contributed by atoms with Crippen LogP contribution in [0.1, 0.15) is 43.0 Å². The molecule has 1 saturated heterocycles. The van der Waals surface area contributed by atoms with Gasteiger partial charge < -0.3 is 20.9 Å². The van der Waals surface area contributed by atoms with E-state index in [-0.39, 0.29) is 24.3 Å². The maximum absolute atomic E-state index is 12.6. The third-order valence-electron chi connectivity index (χ3n) is 4.96. The van der Waals surface area contributed by atoms with E-state index >= 15 is 0 Å². The minimum absolute atomic E-state index is 0.00913. The standard InChI is InChI=1S/C23H28N4O3/c1-2-21(28)25-20-11-7-9-18(15-20)24-16-22(29)26-19-10-6-8-17(14-19)23(30)27-12-4-3-5-13-27/h6-11,14-15,24H,2-5,12-13,16H2,1H3,(H,25,28)(H,26,29). The molecule has 7 heteroatoms. The average molecular weight is 409 g/mol. The summed E-state index contributed by atoms with van der Waals surface area (Å²) in [6.45, 7) is 3.43. The SMILES string of the molecule is CCC(=O)Nc1cccc(NCC(=O)Nc2cccc(C(=O)N3CCCCC3)c2)c1. The summed E-state index contributed by atoms with van der Waals surface area (Å²) in [5.74, 6) is -0.278. The number of amides is 3. The first-order valence-corrected chi connectivity index (χ1v) is 10.4. The van der Waals surface area contributed by atoms with E-state index in [2.05, 4.69) is 16.0 Å². The highest BCUT2D eigenvalue weighted by Gasteiger charge is 2.18. The monoisotopic (exact) mass is 408 g/mol. The van der Waals surface area contributed by atoms with E-state index in [4.69, 9.17) is 0 Å². The molecule has 1 fully saturated rings. The Kier molecular flexibility index (Phi) is 7.43. The lowest BCUT2D eigenvalue weighted by molar-refractivity contribution is -0.116. The van der Waals surface area contributed by atoms with Crippen LogP contribution in [0.4, 0.5) is 17.1 Å². The maximum atomic E-state index is 12.6.